The Hall–Kier alpha value is -1.97. The van der Waals surface area contributed by atoms with Crippen LogP contribution in [0.4, 0.5) is 5.69 Å². The van der Waals surface area contributed by atoms with E-state index in [4.69, 9.17) is 5.73 Å². The zero-order valence-electron chi connectivity index (χ0n) is 11.8. The van der Waals surface area contributed by atoms with Gasteiger partial charge in [0.15, 0.2) is 0 Å². The smallest absolute Gasteiger partial charge is 0.267 e. The van der Waals surface area contributed by atoms with E-state index in [1.165, 1.54) is 19.3 Å². The normalized spacial score (nSPS) is 22.9. The Kier molecular flexibility index (Phi) is 3.38. The first kappa shape index (κ1) is 13.0. The van der Waals surface area contributed by atoms with E-state index in [0.29, 0.717) is 23.3 Å². The SMILES string of the molecule is CC1CCCCC1NC(=O)c1cc2cc(N)ccc2[nH]1. The van der Waals surface area contributed by atoms with Gasteiger partial charge in [0, 0.05) is 22.6 Å². The number of benzene rings is 1. The van der Waals surface area contributed by atoms with Crippen molar-refractivity contribution in [3.05, 3.63) is 30.0 Å². The molecule has 106 valence electrons. The van der Waals surface area contributed by atoms with Crippen molar-refractivity contribution in [3.63, 3.8) is 0 Å². The van der Waals surface area contributed by atoms with E-state index in [9.17, 15) is 4.79 Å². The molecule has 1 fully saturated rings. The molecule has 4 heteroatoms. The Morgan fingerprint density at radius 2 is 2.10 bits per heavy atom. The van der Waals surface area contributed by atoms with Crippen LogP contribution in [0.15, 0.2) is 24.3 Å². The van der Waals surface area contributed by atoms with Crippen LogP contribution in [-0.4, -0.2) is 16.9 Å². The molecule has 3 rings (SSSR count). The molecule has 2 unspecified atom stereocenters. The van der Waals surface area contributed by atoms with Crippen molar-refractivity contribution in [1.82, 2.24) is 10.3 Å². The number of anilines is 1. The van der Waals surface area contributed by atoms with Gasteiger partial charge in [-0.25, -0.2) is 0 Å². The van der Waals surface area contributed by atoms with Gasteiger partial charge in [-0.3, -0.25) is 4.79 Å². The molecule has 1 aliphatic rings. The van der Waals surface area contributed by atoms with Crippen LogP contribution in [0.5, 0.6) is 0 Å². The van der Waals surface area contributed by atoms with Gasteiger partial charge in [-0.05, 0) is 43.0 Å². The van der Waals surface area contributed by atoms with Crippen LogP contribution in [0.1, 0.15) is 43.1 Å². The first-order chi connectivity index (χ1) is 9.63. The Labute approximate surface area is 118 Å². The third-order valence-electron chi connectivity index (χ3n) is 4.32. The summed E-state index contributed by atoms with van der Waals surface area (Å²) in [4.78, 5) is 15.5. The second-order valence-corrected chi connectivity index (χ2v) is 5.87. The fourth-order valence-electron chi connectivity index (χ4n) is 3.05. The number of H-pyrrole nitrogens is 1. The number of rotatable bonds is 2. The average molecular weight is 271 g/mol. The number of aromatic amines is 1. The lowest BCUT2D eigenvalue weighted by Gasteiger charge is -2.29. The summed E-state index contributed by atoms with van der Waals surface area (Å²) >= 11 is 0. The van der Waals surface area contributed by atoms with Crippen molar-refractivity contribution >= 4 is 22.5 Å². The lowest BCUT2D eigenvalue weighted by Crippen LogP contribution is -2.41. The Bertz CT molecular complexity index is 632. The number of hydrogen-bond donors (Lipinski definition) is 3. The maximum atomic E-state index is 12.3. The van der Waals surface area contributed by atoms with Crippen LogP contribution in [0, 0.1) is 5.92 Å². The molecule has 2 aromatic rings. The van der Waals surface area contributed by atoms with Crippen LogP contribution in [0.2, 0.25) is 0 Å². The minimum absolute atomic E-state index is 0.0153. The van der Waals surface area contributed by atoms with E-state index < -0.39 is 0 Å². The van der Waals surface area contributed by atoms with Gasteiger partial charge in [0.2, 0.25) is 0 Å². The number of aromatic nitrogens is 1. The Morgan fingerprint density at radius 3 is 2.90 bits per heavy atom. The molecule has 1 aromatic heterocycles. The number of nitrogens with two attached hydrogens (primary N) is 1. The van der Waals surface area contributed by atoms with Gasteiger partial charge in [0.1, 0.15) is 5.69 Å². The summed E-state index contributed by atoms with van der Waals surface area (Å²) < 4.78 is 0. The summed E-state index contributed by atoms with van der Waals surface area (Å²) in [7, 11) is 0. The van der Waals surface area contributed by atoms with Crippen molar-refractivity contribution in [2.45, 2.75) is 38.6 Å². The largest absolute Gasteiger partial charge is 0.399 e. The maximum absolute atomic E-state index is 12.3. The van der Waals surface area contributed by atoms with Gasteiger partial charge in [0.25, 0.3) is 5.91 Å². The molecule has 0 saturated heterocycles. The fourth-order valence-corrected chi connectivity index (χ4v) is 3.05. The molecule has 1 amide bonds. The molecule has 0 radical (unpaired) electrons. The third kappa shape index (κ3) is 2.50. The Morgan fingerprint density at radius 1 is 1.30 bits per heavy atom. The second-order valence-electron chi connectivity index (χ2n) is 5.87. The zero-order valence-corrected chi connectivity index (χ0v) is 11.8. The number of carbonyl (C=O) groups is 1. The first-order valence-electron chi connectivity index (χ1n) is 7.32. The molecule has 1 aliphatic carbocycles. The van der Waals surface area contributed by atoms with E-state index in [1.807, 2.05) is 24.3 Å². The number of carbonyl (C=O) groups excluding carboxylic acids is 1. The predicted molar refractivity (Wildman–Crippen MR) is 81.6 cm³/mol. The number of fused-ring (bicyclic) bond motifs is 1. The van der Waals surface area contributed by atoms with Gasteiger partial charge in [-0.2, -0.15) is 0 Å². The van der Waals surface area contributed by atoms with E-state index in [-0.39, 0.29) is 5.91 Å². The minimum atomic E-state index is -0.0153. The topological polar surface area (TPSA) is 70.9 Å². The fraction of sp³-hybridized carbons (Fsp3) is 0.438. The van der Waals surface area contributed by atoms with Crippen molar-refractivity contribution in [2.24, 2.45) is 5.92 Å². The van der Waals surface area contributed by atoms with Crippen molar-refractivity contribution in [3.8, 4) is 0 Å². The predicted octanol–water partition coefficient (Wildman–Crippen LogP) is 3.06. The van der Waals surface area contributed by atoms with Crippen LogP contribution < -0.4 is 11.1 Å². The highest BCUT2D eigenvalue weighted by atomic mass is 16.1. The summed E-state index contributed by atoms with van der Waals surface area (Å²) in [6, 6.07) is 7.79. The quantitative estimate of drug-likeness (QED) is 0.735. The van der Waals surface area contributed by atoms with Crippen LogP contribution in [-0.2, 0) is 0 Å². The molecule has 4 nitrogen and oxygen atoms in total. The van der Waals surface area contributed by atoms with Crippen LogP contribution in [0.25, 0.3) is 10.9 Å². The number of nitrogen functional groups attached to an aromatic ring is 1. The van der Waals surface area contributed by atoms with Gasteiger partial charge in [-0.1, -0.05) is 19.8 Å². The minimum Gasteiger partial charge on any atom is -0.399 e. The molecule has 0 bridgehead atoms. The average Bonchev–Trinajstić information content (AvgIpc) is 2.84. The second kappa shape index (κ2) is 5.19. The van der Waals surface area contributed by atoms with Gasteiger partial charge in [0.05, 0.1) is 0 Å². The standard InChI is InChI=1S/C16H21N3O/c1-10-4-2-3-5-13(10)19-16(20)15-9-11-8-12(17)6-7-14(11)18-15/h6-10,13,18H,2-5,17H2,1H3,(H,19,20). The van der Waals surface area contributed by atoms with Crippen molar-refractivity contribution in [2.75, 3.05) is 5.73 Å². The molecule has 1 aromatic carbocycles. The maximum Gasteiger partial charge on any atom is 0.267 e. The molecule has 1 saturated carbocycles. The van der Waals surface area contributed by atoms with Gasteiger partial charge in [-0.15, -0.1) is 0 Å². The number of nitrogens with one attached hydrogen (secondary N) is 2. The van der Waals surface area contributed by atoms with E-state index in [1.54, 1.807) is 0 Å². The molecule has 0 aliphatic heterocycles. The summed E-state index contributed by atoms with van der Waals surface area (Å²) in [5.41, 5.74) is 8.03. The number of amides is 1. The highest BCUT2D eigenvalue weighted by Gasteiger charge is 2.23. The molecule has 1 heterocycles. The first-order valence-corrected chi connectivity index (χ1v) is 7.32. The summed E-state index contributed by atoms with van der Waals surface area (Å²) in [6.07, 6.45) is 4.77. The lowest BCUT2D eigenvalue weighted by atomic mass is 9.86. The highest BCUT2D eigenvalue weighted by Crippen LogP contribution is 2.24. The zero-order chi connectivity index (χ0) is 14.1. The Balaban J connectivity index is 1.78. The van der Waals surface area contributed by atoms with Crippen LogP contribution in [0.3, 0.4) is 0 Å². The molecular formula is C16H21N3O. The molecule has 0 spiro atoms. The van der Waals surface area contributed by atoms with E-state index >= 15 is 0 Å². The highest BCUT2D eigenvalue weighted by molar-refractivity contribution is 5.98. The van der Waals surface area contributed by atoms with Gasteiger partial charge >= 0.3 is 0 Å². The summed E-state index contributed by atoms with van der Waals surface area (Å²) in [6.45, 7) is 2.22. The number of hydrogen-bond acceptors (Lipinski definition) is 2. The molecule has 20 heavy (non-hydrogen) atoms. The van der Waals surface area contributed by atoms with Crippen molar-refractivity contribution in [1.29, 1.82) is 0 Å². The lowest BCUT2D eigenvalue weighted by molar-refractivity contribution is 0.0906. The molecule has 2 atom stereocenters. The molecule has 4 N–H and O–H groups in total. The van der Waals surface area contributed by atoms with E-state index in [2.05, 4.69) is 17.2 Å². The summed E-state index contributed by atoms with van der Waals surface area (Å²) in [5, 5.41) is 4.14. The van der Waals surface area contributed by atoms with Crippen molar-refractivity contribution < 1.29 is 4.79 Å². The van der Waals surface area contributed by atoms with E-state index in [0.717, 1.165) is 17.3 Å². The third-order valence-corrected chi connectivity index (χ3v) is 4.32. The molecular weight excluding hydrogens is 250 g/mol. The van der Waals surface area contributed by atoms with Gasteiger partial charge < -0.3 is 16.0 Å². The summed E-state index contributed by atoms with van der Waals surface area (Å²) in [5.74, 6) is 0.547. The van der Waals surface area contributed by atoms with Crippen LogP contribution >= 0.6 is 0 Å². The monoisotopic (exact) mass is 271 g/mol.